The Morgan fingerprint density at radius 3 is 2.35 bits per heavy atom. The highest BCUT2D eigenvalue weighted by Crippen LogP contribution is 2.46. The average Bonchev–Trinajstić information content (AvgIpc) is 2.87. The van der Waals surface area contributed by atoms with Crippen molar-refractivity contribution in [1.29, 1.82) is 0 Å². The molecule has 1 fully saturated rings. The quantitative estimate of drug-likeness (QED) is 0.778. The highest BCUT2D eigenvalue weighted by molar-refractivity contribution is 8.00. The summed E-state index contributed by atoms with van der Waals surface area (Å²) in [6.45, 7) is -0.539. The molecule has 0 bridgehead atoms. The number of hydrogen-bond donors (Lipinski definition) is 1. The molecule has 2 aromatic rings. The number of rotatable bonds is 6. The summed E-state index contributed by atoms with van der Waals surface area (Å²) in [6.07, 6.45) is -1.66. The Morgan fingerprint density at radius 2 is 1.69 bits per heavy atom. The Hall–Kier alpha value is -1.96. The molecule has 0 saturated carbocycles. The molecular weight excluding hydrogens is 362 g/mol. The molecule has 138 valence electrons. The van der Waals surface area contributed by atoms with E-state index in [0.717, 1.165) is 5.56 Å². The van der Waals surface area contributed by atoms with E-state index in [4.69, 9.17) is 9.47 Å². The molecule has 3 rings (SSSR count). The molecule has 1 aliphatic heterocycles. The third kappa shape index (κ3) is 4.23. The van der Waals surface area contributed by atoms with E-state index < -0.39 is 35.3 Å². The molecule has 2 aromatic carbocycles. The van der Waals surface area contributed by atoms with Crippen LogP contribution in [0.4, 0.5) is 8.78 Å². The fraction of sp³-hybridized carbons (Fsp3) is 0.316. The van der Waals surface area contributed by atoms with Crippen molar-refractivity contribution in [3.63, 3.8) is 0 Å². The maximum absolute atomic E-state index is 14.6. The van der Waals surface area contributed by atoms with Gasteiger partial charge in [0, 0.05) is 0 Å². The van der Waals surface area contributed by atoms with Crippen molar-refractivity contribution in [3.05, 3.63) is 71.8 Å². The van der Waals surface area contributed by atoms with Crippen LogP contribution in [0, 0.1) is 0 Å². The minimum atomic E-state index is -3.32. The summed E-state index contributed by atoms with van der Waals surface area (Å²) in [5, 5.41) is 8.60. The highest BCUT2D eigenvalue weighted by Gasteiger charge is 2.59. The summed E-state index contributed by atoms with van der Waals surface area (Å²) in [5.74, 6) is -4.00. The second-order valence-electron chi connectivity index (χ2n) is 5.87. The lowest BCUT2D eigenvalue weighted by atomic mass is 10.1. The number of alkyl halides is 2. The fourth-order valence-electron chi connectivity index (χ4n) is 2.62. The summed E-state index contributed by atoms with van der Waals surface area (Å²) in [4.78, 5) is 11.9. The molecule has 0 amide bonds. The van der Waals surface area contributed by atoms with E-state index in [1.807, 2.05) is 6.07 Å². The number of hydrogen-bond acceptors (Lipinski definition) is 5. The van der Waals surface area contributed by atoms with Crippen molar-refractivity contribution in [3.8, 4) is 0 Å². The van der Waals surface area contributed by atoms with Crippen molar-refractivity contribution in [2.45, 2.75) is 29.3 Å². The number of ether oxygens (including phenoxy) is 2. The van der Waals surface area contributed by atoms with Crippen LogP contribution >= 0.6 is 11.8 Å². The van der Waals surface area contributed by atoms with Gasteiger partial charge in [0.2, 0.25) is 0 Å². The van der Waals surface area contributed by atoms with Crippen LogP contribution in [0.3, 0.4) is 0 Å². The summed E-state index contributed by atoms with van der Waals surface area (Å²) >= 11 is 0.656. The second kappa shape index (κ2) is 8.16. The monoisotopic (exact) mass is 380 g/mol. The maximum atomic E-state index is 14.6. The number of carbonyl (C=O) groups is 1. The van der Waals surface area contributed by atoms with Gasteiger partial charge in [-0.15, -0.1) is 11.8 Å². The van der Waals surface area contributed by atoms with Crippen LogP contribution in [0.15, 0.2) is 60.7 Å². The zero-order chi connectivity index (χ0) is 18.6. The van der Waals surface area contributed by atoms with E-state index in [-0.39, 0.29) is 12.2 Å². The van der Waals surface area contributed by atoms with E-state index >= 15 is 0 Å². The lowest BCUT2D eigenvalue weighted by Crippen LogP contribution is -2.43. The number of aliphatic hydroxyl groups is 1. The summed E-state index contributed by atoms with van der Waals surface area (Å²) in [7, 11) is 0. The third-order valence-electron chi connectivity index (χ3n) is 4.02. The molecule has 4 nitrogen and oxygen atoms in total. The molecule has 1 heterocycles. The van der Waals surface area contributed by atoms with Gasteiger partial charge in [-0.1, -0.05) is 48.5 Å². The van der Waals surface area contributed by atoms with Crippen molar-refractivity contribution in [1.82, 2.24) is 0 Å². The van der Waals surface area contributed by atoms with Gasteiger partial charge in [-0.25, -0.2) is 13.6 Å². The van der Waals surface area contributed by atoms with Crippen LogP contribution in [0.25, 0.3) is 0 Å². The van der Waals surface area contributed by atoms with Gasteiger partial charge in [0.15, 0.2) is 6.10 Å². The van der Waals surface area contributed by atoms with E-state index in [2.05, 4.69) is 0 Å². The molecular formula is C19H18F2O4S. The van der Waals surface area contributed by atoms with Gasteiger partial charge < -0.3 is 14.6 Å². The first kappa shape index (κ1) is 18.8. The van der Waals surface area contributed by atoms with Crippen molar-refractivity contribution in [2.24, 2.45) is 0 Å². The lowest BCUT2D eigenvalue weighted by Gasteiger charge is -2.24. The zero-order valence-electron chi connectivity index (χ0n) is 13.8. The van der Waals surface area contributed by atoms with Gasteiger partial charge in [0.05, 0.1) is 12.2 Å². The van der Waals surface area contributed by atoms with Crippen LogP contribution in [0.2, 0.25) is 0 Å². The number of thioether (sulfide) groups is 1. The normalized spacial score (nSPS) is 24.3. The highest BCUT2D eigenvalue weighted by atomic mass is 32.2. The van der Waals surface area contributed by atoms with Gasteiger partial charge >= 0.3 is 5.97 Å². The van der Waals surface area contributed by atoms with Crippen LogP contribution in [-0.4, -0.2) is 40.4 Å². The van der Waals surface area contributed by atoms with E-state index in [9.17, 15) is 18.7 Å². The van der Waals surface area contributed by atoms with Gasteiger partial charge in [0.25, 0.3) is 5.92 Å². The van der Waals surface area contributed by atoms with Crippen LogP contribution in [0.1, 0.15) is 15.9 Å². The smallest absolute Gasteiger partial charge is 0.338 e. The van der Waals surface area contributed by atoms with Gasteiger partial charge in [-0.2, -0.15) is 0 Å². The molecule has 0 radical (unpaired) electrons. The Bertz CT molecular complexity index is 727. The van der Waals surface area contributed by atoms with E-state index in [1.54, 1.807) is 54.6 Å². The molecule has 1 saturated heterocycles. The summed E-state index contributed by atoms with van der Waals surface area (Å²) < 4.78 is 39.4. The Morgan fingerprint density at radius 1 is 1.08 bits per heavy atom. The first-order valence-electron chi connectivity index (χ1n) is 8.07. The predicted molar refractivity (Wildman–Crippen MR) is 94.1 cm³/mol. The number of aliphatic hydroxyl groups excluding tert-OH is 1. The molecule has 1 aliphatic rings. The number of benzene rings is 2. The summed E-state index contributed by atoms with van der Waals surface area (Å²) in [5.41, 5.74) is -0.371. The number of halogens is 2. The topological polar surface area (TPSA) is 55.8 Å². The number of carbonyl (C=O) groups excluding carboxylic acids is 1. The molecule has 0 aliphatic carbocycles. The third-order valence-corrected chi connectivity index (χ3v) is 5.32. The largest absolute Gasteiger partial charge is 0.461 e. The van der Waals surface area contributed by atoms with Crippen LogP contribution in [0.5, 0.6) is 0 Å². The van der Waals surface area contributed by atoms with Crippen LogP contribution < -0.4 is 0 Å². The maximum Gasteiger partial charge on any atom is 0.338 e. The SMILES string of the molecule is O=C(OC[C@@H]1SC(O)[C@@H](OCc2ccccc2)C1(F)F)c1ccccc1. The minimum absolute atomic E-state index is 0.0325. The summed E-state index contributed by atoms with van der Waals surface area (Å²) in [6, 6.07) is 17.0. The molecule has 3 atom stereocenters. The Kier molecular flexibility index (Phi) is 5.90. The van der Waals surface area contributed by atoms with Crippen molar-refractivity contribution >= 4 is 17.7 Å². The molecule has 7 heteroatoms. The standard InChI is InChI=1S/C19H18F2O4S/c20-19(21)15(12-25-17(22)14-9-5-2-6-10-14)26-18(23)16(19)24-11-13-7-3-1-4-8-13/h1-10,15-16,18,23H,11-12H2/t15-,16+,18?/m0/s1. The first-order valence-corrected chi connectivity index (χ1v) is 9.02. The van der Waals surface area contributed by atoms with Gasteiger partial charge in [-0.3, -0.25) is 0 Å². The van der Waals surface area contributed by atoms with E-state index in [1.165, 1.54) is 0 Å². The predicted octanol–water partition coefficient (Wildman–Crippen LogP) is 3.50. The first-order chi connectivity index (χ1) is 12.5. The minimum Gasteiger partial charge on any atom is -0.461 e. The Balaban J connectivity index is 1.58. The lowest BCUT2D eigenvalue weighted by molar-refractivity contribution is -0.157. The molecule has 26 heavy (non-hydrogen) atoms. The van der Waals surface area contributed by atoms with Crippen molar-refractivity contribution in [2.75, 3.05) is 6.61 Å². The van der Waals surface area contributed by atoms with E-state index in [0.29, 0.717) is 11.8 Å². The molecule has 0 spiro atoms. The van der Waals surface area contributed by atoms with Crippen molar-refractivity contribution < 1.29 is 28.2 Å². The van der Waals surface area contributed by atoms with Crippen LogP contribution in [-0.2, 0) is 16.1 Å². The average molecular weight is 380 g/mol. The molecule has 1 unspecified atom stereocenters. The number of esters is 1. The Labute approximate surface area is 154 Å². The van der Waals surface area contributed by atoms with Gasteiger partial charge in [-0.05, 0) is 17.7 Å². The fourth-order valence-corrected chi connectivity index (χ4v) is 3.82. The molecule has 0 aromatic heterocycles. The second-order valence-corrected chi connectivity index (χ2v) is 7.20. The van der Waals surface area contributed by atoms with Gasteiger partial charge in [0.1, 0.15) is 17.3 Å². The molecule has 1 N–H and O–H groups in total. The zero-order valence-corrected chi connectivity index (χ0v) is 14.6.